The number of hydrogen-bond acceptors (Lipinski definition) is 1. The number of benzene rings is 1. The molecule has 0 aliphatic heterocycles. The summed E-state index contributed by atoms with van der Waals surface area (Å²) in [6, 6.07) is 8.57. The maximum Gasteiger partial charge on any atom is 0.303 e. The third-order valence-corrected chi connectivity index (χ3v) is 3.35. The number of rotatable bonds is 9. The van der Waals surface area contributed by atoms with Crippen LogP contribution in [0.5, 0.6) is 0 Å². The monoisotopic (exact) mass is 248 g/mol. The lowest BCUT2D eigenvalue weighted by molar-refractivity contribution is -0.137. The van der Waals surface area contributed by atoms with Crippen molar-refractivity contribution >= 4 is 5.97 Å². The van der Waals surface area contributed by atoms with Gasteiger partial charge in [0, 0.05) is 6.42 Å². The fourth-order valence-electron chi connectivity index (χ4n) is 2.19. The molecule has 0 amide bonds. The number of carbonyl (C=O) groups is 1. The zero-order valence-corrected chi connectivity index (χ0v) is 11.3. The Bertz CT molecular complexity index is 358. The Morgan fingerprint density at radius 2 is 1.61 bits per heavy atom. The fourth-order valence-corrected chi connectivity index (χ4v) is 2.19. The van der Waals surface area contributed by atoms with Crippen LogP contribution in [0.3, 0.4) is 0 Å². The summed E-state index contributed by atoms with van der Waals surface area (Å²) in [5, 5.41) is 8.51. The van der Waals surface area contributed by atoms with Gasteiger partial charge in [-0.05, 0) is 37.3 Å². The lowest BCUT2D eigenvalue weighted by Crippen LogP contribution is -1.93. The van der Waals surface area contributed by atoms with Crippen molar-refractivity contribution in [1.82, 2.24) is 0 Å². The van der Waals surface area contributed by atoms with Crippen LogP contribution in [0.2, 0.25) is 0 Å². The zero-order chi connectivity index (χ0) is 13.2. The lowest BCUT2D eigenvalue weighted by atomic mass is 10.0. The first-order valence-electron chi connectivity index (χ1n) is 6.96. The summed E-state index contributed by atoms with van der Waals surface area (Å²) in [6.07, 6.45) is 8.26. The number of hydrogen-bond donors (Lipinski definition) is 1. The van der Waals surface area contributed by atoms with Crippen molar-refractivity contribution in [3.63, 3.8) is 0 Å². The molecule has 2 nitrogen and oxygen atoms in total. The first-order chi connectivity index (χ1) is 8.70. The van der Waals surface area contributed by atoms with E-state index in [0.717, 1.165) is 12.8 Å². The highest BCUT2D eigenvalue weighted by Gasteiger charge is 1.98. The molecule has 0 aliphatic carbocycles. The molecular weight excluding hydrogens is 224 g/mol. The van der Waals surface area contributed by atoms with E-state index in [1.54, 1.807) is 0 Å². The maximum absolute atomic E-state index is 10.3. The van der Waals surface area contributed by atoms with E-state index in [9.17, 15) is 4.79 Å². The van der Waals surface area contributed by atoms with Gasteiger partial charge in [-0.15, -0.1) is 0 Å². The molecule has 0 spiro atoms. The van der Waals surface area contributed by atoms with Crippen molar-refractivity contribution in [2.45, 2.75) is 58.3 Å². The van der Waals surface area contributed by atoms with Crippen LogP contribution < -0.4 is 0 Å². The molecule has 18 heavy (non-hydrogen) atoms. The first kappa shape index (κ1) is 14.7. The third-order valence-electron chi connectivity index (χ3n) is 3.35. The van der Waals surface area contributed by atoms with Crippen molar-refractivity contribution in [3.05, 3.63) is 35.4 Å². The number of carboxylic acid groups (broad SMARTS) is 1. The van der Waals surface area contributed by atoms with Gasteiger partial charge in [-0.1, -0.05) is 49.9 Å². The van der Waals surface area contributed by atoms with Gasteiger partial charge in [0.25, 0.3) is 0 Å². The molecule has 0 aliphatic rings. The first-order valence-corrected chi connectivity index (χ1v) is 6.96. The maximum atomic E-state index is 10.3. The van der Waals surface area contributed by atoms with Crippen LogP contribution in [0.4, 0.5) is 0 Å². The second-order valence-corrected chi connectivity index (χ2v) is 4.94. The van der Waals surface area contributed by atoms with Crippen LogP contribution in [-0.4, -0.2) is 11.1 Å². The largest absolute Gasteiger partial charge is 0.481 e. The molecule has 0 heterocycles. The van der Waals surface area contributed by atoms with E-state index in [1.807, 2.05) is 0 Å². The predicted octanol–water partition coefficient (Wildman–Crippen LogP) is 4.35. The summed E-state index contributed by atoms with van der Waals surface area (Å²) in [6.45, 7) is 2.17. The van der Waals surface area contributed by atoms with Gasteiger partial charge in [-0.3, -0.25) is 4.79 Å². The minimum atomic E-state index is -0.672. The molecule has 1 aromatic rings. The highest BCUT2D eigenvalue weighted by Crippen LogP contribution is 2.13. The normalized spacial score (nSPS) is 10.5. The Morgan fingerprint density at radius 3 is 2.28 bits per heavy atom. The van der Waals surface area contributed by atoms with Crippen LogP contribution >= 0.6 is 0 Å². The van der Waals surface area contributed by atoms with E-state index in [1.165, 1.54) is 43.2 Å². The number of aliphatic carboxylic acids is 1. The van der Waals surface area contributed by atoms with E-state index in [-0.39, 0.29) is 0 Å². The highest BCUT2D eigenvalue weighted by molar-refractivity contribution is 5.66. The number of aryl methyl sites for hydroxylation is 2. The minimum Gasteiger partial charge on any atom is -0.481 e. The Kier molecular flexibility index (Phi) is 7.16. The van der Waals surface area contributed by atoms with E-state index in [0.29, 0.717) is 6.42 Å². The Labute approximate surface area is 110 Å². The Balaban J connectivity index is 1.99. The summed E-state index contributed by atoms with van der Waals surface area (Å²) >= 11 is 0. The molecule has 0 bridgehead atoms. The molecule has 1 N–H and O–H groups in total. The standard InChI is InChI=1S/C16H24O2/c1-14-10-8-9-12-15(14)11-6-4-2-3-5-7-13-16(17)18/h8-10,12H,2-7,11,13H2,1H3,(H,17,18). The second kappa shape index (κ2) is 8.73. The molecule has 1 rings (SSSR count). The van der Waals surface area contributed by atoms with E-state index in [4.69, 9.17) is 5.11 Å². The molecule has 1 aromatic carbocycles. The average Bonchev–Trinajstić information content (AvgIpc) is 2.34. The molecule has 100 valence electrons. The van der Waals surface area contributed by atoms with Crippen molar-refractivity contribution in [3.8, 4) is 0 Å². The van der Waals surface area contributed by atoms with Gasteiger partial charge < -0.3 is 5.11 Å². The molecule has 0 saturated carbocycles. The van der Waals surface area contributed by atoms with Gasteiger partial charge in [0.1, 0.15) is 0 Å². The highest BCUT2D eigenvalue weighted by atomic mass is 16.4. The summed E-state index contributed by atoms with van der Waals surface area (Å²) in [5.41, 5.74) is 2.85. The molecule has 0 saturated heterocycles. The van der Waals surface area contributed by atoms with E-state index >= 15 is 0 Å². The number of carboxylic acids is 1. The molecule has 0 aromatic heterocycles. The predicted molar refractivity (Wildman–Crippen MR) is 74.8 cm³/mol. The van der Waals surface area contributed by atoms with Crippen molar-refractivity contribution in [2.24, 2.45) is 0 Å². The Hall–Kier alpha value is -1.31. The lowest BCUT2D eigenvalue weighted by Gasteiger charge is -2.05. The summed E-state index contributed by atoms with van der Waals surface area (Å²) in [4.78, 5) is 10.3. The van der Waals surface area contributed by atoms with E-state index in [2.05, 4.69) is 31.2 Å². The smallest absolute Gasteiger partial charge is 0.303 e. The molecule has 0 radical (unpaired) electrons. The van der Waals surface area contributed by atoms with E-state index < -0.39 is 5.97 Å². The molecule has 0 fully saturated rings. The molecule has 2 heteroatoms. The second-order valence-electron chi connectivity index (χ2n) is 4.94. The van der Waals surface area contributed by atoms with Gasteiger partial charge in [-0.2, -0.15) is 0 Å². The van der Waals surface area contributed by atoms with Crippen molar-refractivity contribution < 1.29 is 9.90 Å². The SMILES string of the molecule is Cc1ccccc1CCCCCCCCC(=O)O. The van der Waals surface area contributed by atoms with Crippen molar-refractivity contribution in [1.29, 1.82) is 0 Å². The van der Waals surface area contributed by atoms with Crippen LogP contribution in [0.25, 0.3) is 0 Å². The summed E-state index contributed by atoms with van der Waals surface area (Å²) in [5.74, 6) is -0.672. The van der Waals surface area contributed by atoms with Gasteiger partial charge in [-0.25, -0.2) is 0 Å². The van der Waals surface area contributed by atoms with Gasteiger partial charge in [0.15, 0.2) is 0 Å². The molecule has 0 unspecified atom stereocenters. The van der Waals surface area contributed by atoms with Crippen LogP contribution in [-0.2, 0) is 11.2 Å². The summed E-state index contributed by atoms with van der Waals surface area (Å²) < 4.78 is 0. The van der Waals surface area contributed by atoms with Crippen LogP contribution in [0.1, 0.15) is 56.1 Å². The van der Waals surface area contributed by atoms with Crippen molar-refractivity contribution in [2.75, 3.05) is 0 Å². The Morgan fingerprint density at radius 1 is 1.00 bits per heavy atom. The van der Waals surface area contributed by atoms with Gasteiger partial charge >= 0.3 is 5.97 Å². The zero-order valence-electron chi connectivity index (χ0n) is 11.3. The van der Waals surface area contributed by atoms with Crippen LogP contribution in [0.15, 0.2) is 24.3 Å². The molecular formula is C16H24O2. The minimum absolute atomic E-state index is 0.323. The third kappa shape index (κ3) is 6.43. The van der Waals surface area contributed by atoms with Crippen LogP contribution in [0, 0.1) is 6.92 Å². The molecule has 0 atom stereocenters. The van der Waals surface area contributed by atoms with Gasteiger partial charge in [0.2, 0.25) is 0 Å². The quantitative estimate of drug-likeness (QED) is 0.659. The van der Waals surface area contributed by atoms with Gasteiger partial charge in [0.05, 0.1) is 0 Å². The number of unbranched alkanes of at least 4 members (excludes halogenated alkanes) is 5. The summed E-state index contributed by atoms with van der Waals surface area (Å²) in [7, 11) is 0. The fraction of sp³-hybridized carbons (Fsp3) is 0.562. The average molecular weight is 248 g/mol. The topological polar surface area (TPSA) is 37.3 Å².